The van der Waals surface area contributed by atoms with Gasteiger partial charge in [0.25, 0.3) is 11.6 Å². The molecular formula is C12H14ClN3O4S. The van der Waals surface area contributed by atoms with E-state index in [1.807, 2.05) is 0 Å². The Bertz CT molecular complexity index is 613. The lowest BCUT2D eigenvalue weighted by molar-refractivity contribution is -0.383. The van der Waals surface area contributed by atoms with E-state index in [-0.39, 0.29) is 22.3 Å². The number of nitrogens with two attached hydrogens (primary N) is 1. The lowest BCUT2D eigenvalue weighted by Crippen LogP contribution is -2.39. The van der Waals surface area contributed by atoms with E-state index in [1.165, 1.54) is 6.07 Å². The number of benzene rings is 1. The predicted octanol–water partition coefficient (Wildman–Crippen LogP) is 1.47. The molecular weight excluding hydrogens is 318 g/mol. The van der Waals surface area contributed by atoms with Crippen LogP contribution >= 0.6 is 11.6 Å². The summed E-state index contributed by atoms with van der Waals surface area (Å²) < 4.78 is 11.3. The highest BCUT2D eigenvalue weighted by molar-refractivity contribution is 7.85. The largest absolute Gasteiger partial charge is 0.392 e. The molecule has 1 aromatic rings. The van der Waals surface area contributed by atoms with Gasteiger partial charge in [0.05, 0.1) is 9.95 Å². The van der Waals surface area contributed by atoms with Crippen molar-refractivity contribution in [3.8, 4) is 0 Å². The number of nitro benzene ring substituents is 1. The van der Waals surface area contributed by atoms with Crippen LogP contribution in [0.1, 0.15) is 23.2 Å². The van der Waals surface area contributed by atoms with Crippen molar-refractivity contribution in [2.24, 2.45) is 0 Å². The van der Waals surface area contributed by atoms with E-state index in [1.54, 1.807) is 0 Å². The number of anilines is 1. The quantitative estimate of drug-likeness (QED) is 0.494. The van der Waals surface area contributed by atoms with Crippen molar-refractivity contribution in [2.75, 3.05) is 17.2 Å². The van der Waals surface area contributed by atoms with E-state index in [0.29, 0.717) is 24.3 Å². The maximum atomic E-state index is 12.1. The molecule has 7 nitrogen and oxygen atoms in total. The van der Waals surface area contributed by atoms with Gasteiger partial charge in [-0.15, -0.1) is 0 Å². The zero-order valence-corrected chi connectivity index (χ0v) is 12.6. The Morgan fingerprint density at radius 1 is 1.43 bits per heavy atom. The third-order valence-electron chi connectivity index (χ3n) is 3.29. The van der Waals surface area contributed by atoms with Gasteiger partial charge >= 0.3 is 0 Å². The number of nitro groups is 1. The van der Waals surface area contributed by atoms with Gasteiger partial charge in [0.1, 0.15) is 5.69 Å². The first-order chi connectivity index (χ1) is 9.88. The third-order valence-corrected chi connectivity index (χ3v) is 4.98. The molecule has 0 aromatic heterocycles. The van der Waals surface area contributed by atoms with E-state index < -0.39 is 27.3 Å². The first-order valence-corrected chi connectivity index (χ1v) is 8.14. The number of hydrogen-bond donors (Lipinski definition) is 2. The zero-order valence-electron chi connectivity index (χ0n) is 11.0. The molecule has 1 heterocycles. The number of hydrogen-bond acceptors (Lipinski definition) is 5. The first-order valence-electron chi connectivity index (χ1n) is 6.27. The molecule has 114 valence electrons. The topological polar surface area (TPSA) is 115 Å². The summed E-state index contributed by atoms with van der Waals surface area (Å²) in [6, 6.07) is 2.34. The molecule has 1 amide bonds. The summed E-state index contributed by atoms with van der Waals surface area (Å²) in [7, 11) is -0.815. The molecule has 0 aliphatic carbocycles. The zero-order chi connectivity index (χ0) is 15.6. The Balaban J connectivity index is 2.16. The van der Waals surface area contributed by atoms with Crippen LogP contribution in [0.4, 0.5) is 11.4 Å². The van der Waals surface area contributed by atoms with Gasteiger partial charge in [-0.25, -0.2) is 0 Å². The van der Waals surface area contributed by atoms with Crippen molar-refractivity contribution in [1.29, 1.82) is 0 Å². The second-order valence-electron chi connectivity index (χ2n) is 4.74. The van der Waals surface area contributed by atoms with Crippen molar-refractivity contribution >= 4 is 39.7 Å². The van der Waals surface area contributed by atoms with Crippen LogP contribution in [0, 0.1) is 10.1 Å². The molecule has 1 fully saturated rings. The summed E-state index contributed by atoms with van der Waals surface area (Å²) in [5, 5.41) is 13.6. The van der Waals surface area contributed by atoms with Crippen LogP contribution in [-0.4, -0.2) is 32.6 Å². The van der Waals surface area contributed by atoms with Crippen LogP contribution in [-0.2, 0) is 10.8 Å². The van der Waals surface area contributed by atoms with Crippen molar-refractivity contribution in [3.63, 3.8) is 0 Å². The van der Waals surface area contributed by atoms with Gasteiger partial charge in [0.15, 0.2) is 0 Å². The number of rotatable bonds is 3. The van der Waals surface area contributed by atoms with Gasteiger partial charge in [-0.1, -0.05) is 11.6 Å². The summed E-state index contributed by atoms with van der Waals surface area (Å²) in [6.45, 7) is 0. The molecule has 1 aromatic carbocycles. The molecule has 0 atom stereocenters. The molecule has 21 heavy (non-hydrogen) atoms. The molecule has 0 radical (unpaired) electrons. The molecule has 1 aliphatic rings. The number of amides is 1. The minimum atomic E-state index is -0.815. The highest BCUT2D eigenvalue weighted by Gasteiger charge is 2.23. The molecule has 0 bridgehead atoms. The van der Waals surface area contributed by atoms with Crippen LogP contribution in [0.15, 0.2) is 12.1 Å². The summed E-state index contributed by atoms with van der Waals surface area (Å²) >= 11 is 5.82. The third kappa shape index (κ3) is 3.70. The van der Waals surface area contributed by atoms with E-state index >= 15 is 0 Å². The van der Waals surface area contributed by atoms with Crippen LogP contribution < -0.4 is 11.1 Å². The predicted molar refractivity (Wildman–Crippen MR) is 80.9 cm³/mol. The minimum absolute atomic E-state index is 0.0286. The average Bonchev–Trinajstić information content (AvgIpc) is 2.43. The van der Waals surface area contributed by atoms with Gasteiger partial charge in [-0.05, 0) is 18.9 Å². The van der Waals surface area contributed by atoms with Gasteiger partial charge in [-0.2, -0.15) is 0 Å². The van der Waals surface area contributed by atoms with Crippen molar-refractivity contribution in [3.05, 3.63) is 32.8 Å². The van der Waals surface area contributed by atoms with Gasteiger partial charge in [0, 0.05) is 40.0 Å². The SMILES string of the molecule is Nc1c(Cl)cc(C(=O)NC2CCS(=O)CC2)cc1[N+](=O)[O-]. The summed E-state index contributed by atoms with van der Waals surface area (Å²) in [5.74, 6) is 0.652. The Labute approximate surface area is 128 Å². The summed E-state index contributed by atoms with van der Waals surface area (Å²) in [5.41, 5.74) is 5.05. The number of carbonyl (C=O) groups is 1. The van der Waals surface area contributed by atoms with Gasteiger partial charge in [-0.3, -0.25) is 19.1 Å². The lowest BCUT2D eigenvalue weighted by atomic mass is 10.1. The smallest absolute Gasteiger partial charge is 0.294 e. The fraction of sp³-hybridized carbons (Fsp3) is 0.417. The first kappa shape index (κ1) is 15.7. The van der Waals surface area contributed by atoms with E-state index in [0.717, 1.165) is 6.07 Å². The van der Waals surface area contributed by atoms with Crippen LogP contribution in [0.5, 0.6) is 0 Å². The molecule has 0 unspecified atom stereocenters. The monoisotopic (exact) mass is 331 g/mol. The number of halogens is 1. The molecule has 1 aliphatic heterocycles. The van der Waals surface area contributed by atoms with Crippen molar-refractivity contribution in [1.82, 2.24) is 5.32 Å². The number of nitrogens with one attached hydrogen (secondary N) is 1. The average molecular weight is 332 g/mol. The molecule has 2 rings (SSSR count). The Morgan fingerprint density at radius 2 is 2.05 bits per heavy atom. The highest BCUT2D eigenvalue weighted by Crippen LogP contribution is 2.30. The van der Waals surface area contributed by atoms with Crippen LogP contribution in [0.2, 0.25) is 5.02 Å². The Hall–Kier alpha value is -1.67. The van der Waals surface area contributed by atoms with Crippen LogP contribution in [0.3, 0.4) is 0 Å². The summed E-state index contributed by atoms with van der Waals surface area (Å²) in [4.78, 5) is 22.3. The van der Waals surface area contributed by atoms with Gasteiger partial charge in [0.2, 0.25) is 0 Å². The Kier molecular flexibility index (Phi) is 4.79. The summed E-state index contributed by atoms with van der Waals surface area (Å²) in [6.07, 6.45) is 1.26. The second-order valence-corrected chi connectivity index (χ2v) is 6.85. The van der Waals surface area contributed by atoms with Crippen molar-refractivity contribution < 1.29 is 13.9 Å². The highest BCUT2D eigenvalue weighted by atomic mass is 35.5. The fourth-order valence-electron chi connectivity index (χ4n) is 2.09. The van der Waals surface area contributed by atoms with E-state index in [9.17, 15) is 19.1 Å². The standard InChI is InChI=1S/C12H14ClN3O4S/c13-9-5-7(6-10(11(9)14)16(18)19)12(17)15-8-1-3-21(20)4-2-8/h5-6,8H,1-4,14H2,(H,15,17). The van der Waals surface area contributed by atoms with E-state index in [2.05, 4.69) is 5.32 Å². The van der Waals surface area contributed by atoms with Crippen LogP contribution in [0.25, 0.3) is 0 Å². The molecule has 0 spiro atoms. The Morgan fingerprint density at radius 3 is 2.62 bits per heavy atom. The maximum absolute atomic E-state index is 12.1. The molecule has 0 saturated carbocycles. The lowest BCUT2D eigenvalue weighted by Gasteiger charge is -2.22. The number of nitrogen functional groups attached to an aromatic ring is 1. The molecule has 3 N–H and O–H groups in total. The second kappa shape index (κ2) is 6.40. The molecule has 1 saturated heterocycles. The van der Waals surface area contributed by atoms with E-state index in [4.69, 9.17) is 17.3 Å². The molecule has 9 heteroatoms. The number of carbonyl (C=O) groups excluding carboxylic acids is 1. The van der Waals surface area contributed by atoms with Gasteiger partial charge < -0.3 is 11.1 Å². The minimum Gasteiger partial charge on any atom is -0.392 e. The number of nitrogens with zero attached hydrogens (tertiary/aromatic N) is 1. The maximum Gasteiger partial charge on any atom is 0.294 e. The van der Waals surface area contributed by atoms with Crippen molar-refractivity contribution in [2.45, 2.75) is 18.9 Å². The fourth-order valence-corrected chi connectivity index (χ4v) is 3.61. The normalized spacial score (nSPS) is 21.8.